The molecule has 0 amide bonds. The van der Waals surface area contributed by atoms with Gasteiger partial charge >= 0.3 is 0 Å². The maximum Gasteiger partial charge on any atom is 0.141 e. The average Bonchev–Trinajstić information content (AvgIpc) is 2.38. The molecule has 1 saturated carbocycles. The van der Waals surface area contributed by atoms with E-state index < -0.39 is 0 Å². The molecule has 0 unspecified atom stereocenters. The van der Waals surface area contributed by atoms with Gasteiger partial charge in [-0.25, -0.2) is 0 Å². The van der Waals surface area contributed by atoms with Gasteiger partial charge in [-0.2, -0.15) is 0 Å². The lowest BCUT2D eigenvalue weighted by atomic mass is 9.69. The van der Waals surface area contributed by atoms with Crippen molar-refractivity contribution in [1.82, 2.24) is 0 Å². The van der Waals surface area contributed by atoms with Crippen LogP contribution in [-0.2, 0) is 5.41 Å². The molecule has 18 heavy (non-hydrogen) atoms. The van der Waals surface area contributed by atoms with E-state index in [0.717, 1.165) is 18.6 Å². The van der Waals surface area contributed by atoms with Gasteiger partial charge in [0.05, 0.1) is 12.1 Å². The minimum atomic E-state index is 0.0548. The van der Waals surface area contributed by atoms with Gasteiger partial charge in [-0.1, -0.05) is 36.9 Å². The van der Waals surface area contributed by atoms with Crippen LogP contribution in [0.25, 0.3) is 0 Å². The van der Waals surface area contributed by atoms with Crippen LogP contribution in [0.2, 0.25) is 5.02 Å². The lowest BCUT2D eigenvalue weighted by molar-refractivity contribution is 0.288. The average molecular weight is 268 g/mol. The maximum absolute atomic E-state index is 6.31. The van der Waals surface area contributed by atoms with E-state index >= 15 is 0 Å². The van der Waals surface area contributed by atoms with Crippen LogP contribution in [0.3, 0.4) is 0 Å². The second-order valence-corrected chi connectivity index (χ2v) is 5.78. The highest BCUT2D eigenvalue weighted by molar-refractivity contribution is 6.32. The molecule has 0 bridgehead atoms. The van der Waals surface area contributed by atoms with Gasteiger partial charge in [-0.05, 0) is 31.4 Å². The molecule has 1 aromatic carbocycles. The van der Waals surface area contributed by atoms with E-state index in [-0.39, 0.29) is 5.41 Å². The minimum Gasteiger partial charge on any atom is -0.495 e. The van der Waals surface area contributed by atoms with Gasteiger partial charge in [0.25, 0.3) is 0 Å². The molecule has 3 heteroatoms. The van der Waals surface area contributed by atoms with Crippen molar-refractivity contribution in [1.29, 1.82) is 0 Å². The molecule has 100 valence electrons. The minimum absolute atomic E-state index is 0.0548. The van der Waals surface area contributed by atoms with Crippen molar-refractivity contribution in [2.45, 2.75) is 44.4 Å². The number of methoxy groups -OCH3 is 1. The van der Waals surface area contributed by atoms with Gasteiger partial charge in [0.2, 0.25) is 0 Å². The topological polar surface area (TPSA) is 35.2 Å². The Morgan fingerprint density at radius 1 is 1.28 bits per heavy atom. The number of benzene rings is 1. The predicted octanol–water partition coefficient (Wildman–Crippen LogP) is 3.82. The van der Waals surface area contributed by atoms with Gasteiger partial charge in [-0.15, -0.1) is 0 Å². The zero-order chi connectivity index (χ0) is 13.2. The van der Waals surface area contributed by atoms with Crippen LogP contribution in [0.1, 0.15) is 43.2 Å². The van der Waals surface area contributed by atoms with Crippen LogP contribution in [0.4, 0.5) is 0 Å². The first-order chi connectivity index (χ1) is 8.63. The fourth-order valence-electron chi connectivity index (χ4n) is 3.14. The van der Waals surface area contributed by atoms with Crippen molar-refractivity contribution in [3.63, 3.8) is 0 Å². The molecule has 0 aliphatic heterocycles. The molecule has 1 aliphatic carbocycles. The quantitative estimate of drug-likeness (QED) is 0.904. The van der Waals surface area contributed by atoms with Crippen molar-refractivity contribution >= 4 is 11.6 Å². The number of halogens is 1. The van der Waals surface area contributed by atoms with Crippen molar-refractivity contribution in [3.05, 3.63) is 28.3 Å². The lowest BCUT2D eigenvalue weighted by Gasteiger charge is -2.38. The summed E-state index contributed by atoms with van der Waals surface area (Å²) in [6.07, 6.45) is 6.07. The summed E-state index contributed by atoms with van der Waals surface area (Å²) in [5, 5.41) is 0.700. The summed E-state index contributed by atoms with van der Waals surface area (Å²) in [6, 6.07) is 4.15. The van der Waals surface area contributed by atoms with Crippen LogP contribution in [-0.4, -0.2) is 13.7 Å². The maximum atomic E-state index is 6.31. The Kier molecular flexibility index (Phi) is 4.18. The van der Waals surface area contributed by atoms with Crippen molar-refractivity contribution in [2.75, 3.05) is 13.7 Å². The van der Waals surface area contributed by atoms with Crippen LogP contribution < -0.4 is 10.5 Å². The normalized spacial score (nSPS) is 18.7. The number of hydrogen-bond donors (Lipinski definition) is 1. The number of nitrogens with two attached hydrogens (primary N) is 1. The van der Waals surface area contributed by atoms with Crippen LogP contribution >= 0.6 is 11.6 Å². The second-order valence-electron chi connectivity index (χ2n) is 5.37. The molecular weight excluding hydrogens is 246 g/mol. The number of rotatable bonds is 3. The molecule has 1 aliphatic rings. The third-order valence-electron chi connectivity index (χ3n) is 4.16. The van der Waals surface area contributed by atoms with Gasteiger partial charge in [-0.3, -0.25) is 0 Å². The van der Waals surface area contributed by atoms with E-state index in [1.54, 1.807) is 7.11 Å². The first-order valence-corrected chi connectivity index (χ1v) is 7.05. The Hall–Kier alpha value is -0.730. The molecule has 0 radical (unpaired) electrons. The largest absolute Gasteiger partial charge is 0.495 e. The highest BCUT2D eigenvalue weighted by Crippen LogP contribution is 2.45. The van der Waals surface area contributed by atoms with E-state index in [1.807, 2.05) is 6.07 Å². The Labute approximate surface area is 114 Å². The smallest absolute Gasteiger partial charge is 0.141 e. The lowest BCUT2D eigenvalue weighted by Crippen LogP contribution is -2.37. The molecule has 0 saturated heterocycles. The first kappa shape index (κ1) is 13.7. The van der Waals surface area contributed by atoms with E-state index in [1.165, 1.54) is 30.4 Å². The molecule has 1 aromatic rings. The Morgan fingerprint density at radius 2 is 1.94 bits per heavy atom. The highest BCUT2D eigenvalue weighted by Gasteiger charge is 2.35. The Balaban J connectivity index is 2.53. The molecule has 0 aromatic heterocycles. The summed E-state index contributed by atoms with van der Waals surface area (Å²) in [4.78, 5) is 0. The van der Waals surface area contributed by atoms with Crippen molar-refractivity contribution in [3.8, 4) is 5.75 Å². The molecule has 2 rings (SSSR count). The summed E-state index contributed by atoms with van der Waals surface area (Å²) >= 11 is 6.31. The highest BCUT2D eigenvalue weighted by atomic mass is 35.5. The second kappa shape index (κ2) is 5.50. The van der Waals surface area contributed by atoms with Gasteiger partial charge in [0, 0.05) is 17.5 Å². The predicted molar refractivity (Wildman–Crippen MR) is 76.6 cm³/mol. The molecule has 0 spiro atoms. The van der Waals surface area contributed by atoms with Gasteiger partial charge < -0.3 is 10.5 Å². The standard InChI is InChI=1S/C15H22ClNO/c1-11-8-12(14(18-2)13(16)9-11)15(10-17)6-4-3-5-7-15/h8-9H,3-7,10,17H2,1-2H3. The van der Waals surface area contributed by atoms with Crippen LogP contribution in [0.15, 0.2) is 12.1 Å². The third kappa shape index (κ3) is 2.36. The van der Waals surface area contributed by atoms with E-state index in [2.05, 4.69) is 13.0 Å². The molecule has 2 N–H and O–H groups in total. The molecule has 2 nitrogen and oxygen atoms in total. The summed E-state index contributed by atoms with van der Waals surface area (Å²) in [6.45, 7) is 2.74. The molecule has 0 atom stereocenters. The monoisotopic (exact) mass is 267 g/mol. The molecular formula is C15H22ClNO. The fraction of sp³-hybridized carbons (Fsp3) is 0.600. The van der Waals surface area contributed by atoms with E-state index in [9.17, 15) is 0 Å². The zero-order valence-electron chi connectivity index (χ0n) is 11.3. The molecule has 1 fully saturated rings. The summed E-state index contributed by atoms with van der Waals surface area (Å²) in [7, 11) is 1.69. The van der Waals surface area contributed by atoms with Gasteiger partial charge in [0.1, 0.15) is 5.75 Å². The van der Waals surface area contributed by atoms with Crippen molar-refractivity contribution in [2.24, 2.45) is 5.73 Å². The zero-order valence-corrected chi connectivity index (χ0v) is 12.0. The summed E-state index contributed by atoms with van der Waals surface area (Å²) in [5.41, 5.74) is 8.53. The SMILES string of the molecule is COc1c(Cl)cc(C)cc1C1(CN)CCCCC1. The first-order valence-electron chi connectivity index (χ1n) is 6.67. The number of hydrogen-bond acceptors (Lipinski definition) is 2. The van der Waals surface area contributed by atoms with Crippen LogP contribution in [0, 0.1) is 6.92 Å². The van der Waals surface area contributed by atoms with Crippen LogP contribution in [0.5, 0.6) is 5.75 Å². The fourth-order valence-corrected chi connectivity index (χ4v) is 3.49. The van der Waals surface area contributed by atoms with Crippen molar-refractivity contribution < 1.29 is 4.74 Å². The third-order valence-corrected chi connectivity index (χ3v) is 4.45. The Bertz CT molecular complexity index is 425. The summed E-state index contributed by atoms with van der Waals surface area (Å²) in [5.74, 6) is 0.814. The number of ether oxygens (including phenoxy) is 1. The Morgan fingerprint density at radius 3 is 2.50 bits per heavy atom. The summed E-state index contributed by atoms with van der Waals surface area (Å²) < 4.78 is 5.52. The molecule has 0 heterocycles. The van der Waals surface area contributed by atoms with Gasteiger partial charge in [0.15, 0.2) is 0 Å². The van der Waals surface area contributed by atoms with E-state index in [4.69, 9.17) is 22.1 Å². The van der Waals surface area contributed by atoms with E-state index in [0.29, 0.717) is 11.6 Å². The number of aryl methyl sites for hydroxylation is 1.